The van der Waals surface area contributed by atoms with Crippen LogP contribution >= 0.6 is 0 Å². The lowest BCUT2D eigenvalue weighted by Crippen LogP contribution is -2.55. The maximum Gasteiger partial charge on any atom is 0.220 e. The van der Waals surface area contributed by atoms with Gasteiger partial charge in [-0.15, -0.1) is 0 Å². The Balaban J connectivity index is 1.70. The molecule has 1 N–H and O–H groups in total. The van der Waals surface area contributed by atoms with Crippen molar-refractivity contribution in [2.45, 2.75) is 43.4 Å². The second-order valence-electron chi connectivity index (χ2n) is 5.36. The molecule has 17 heavy (non-hydrogen) atoms. The number of hydrogen-bond donors (Lipinski definition) is 1. The summed E-state index contributed by atoms with van der Waals surface area (Å²) < 4.78 is 25.9. The zero-order valence-electron chi connectivity index (χ0n) is 9.76. The van der Waals surface area contributed by atoms with E-state index in [0.29, 0.717) is 25.4 Å². The Bertz CT molecular complexity index is 430. The van der Waals surface area contributed by atoms with Crippen molar-refractivity contribution in [2.75, 3.05) is 13.1 Å². The molecule has 96 valence electrons. The van der Waals surface area contributed by atoms with Crippen molar-refractivity contribution in [3.05, 3.63) is 0 Å². The summed E-state index contributed by atoms with van der Waals surface area (Å²) in [6, 6.07) is 0.196. The quantitative estimate of drug-likeness (QED) is 0.762. The maximum absolute atomic E-state index is 12.1. The van der Waals surface area contributed by atoms with Crippen LogP contribution in [0.4, 0.5) is 0 Å². The largest absolute Gasteiger partial charge is 0.353 e. The van der Waals surface area contributed by atoms with E-state index in [0.717, 1.165) is 25.7 Å². The zero-order chi connectivity index (χ0) is 12.0. The summed E-state index contributed by atoms with van der Waals surface area (Å²) in [7, 11) is -3.03. The van der Waals surface area contributed by atoms with E-state index in [1.165, 1.54) is 0 Å². The number of rotatable bonds is 2. The highest BCUT2D eigenvalue weighted by Crippen LogP contribution is 2.34. The van der Waals surface area contributed by atoms with Crippen molar-refractivity contribution in [1.82, 2.24) is 9.62 Å². The average molecular weight is 258 g/mol. The molecular formula is C11H18N2O3S. The number of sulfonamides is 1. The molecule has 2 saturated heterocycles. The standard InChI is InChI=1S/C11H18N2O3S/c14-11-4-1-8-7-13(6-5-10(8)12-11)17(15,16)9-2-3-9/h8-10H,1-7H2,(H,12,14). The fourth-order valence-corrected chi connectivity index (χ4v) is 4.80. The molecule has 1 saturated carbocycles. The van der Waals surface area contributed by atoms with Gasteiger partial charge in [-0.25, -0.2) is 12.7 Å². The predicted molar refractivity (Wildman–Crippen MR) is 62.8 cm³/mol. The van der Waals surface area contributed by atoms with Gasteiger partial charge in [-0.1, -0.05) is 0 Å². The third-order valence-corrected chi connectivity index (χ3v) is 6.46. The van der Waals surface area contributed by atoms with Gasteiger partial charge in [0.2, 0.25) is 15.9 Å². The molecule has 1 amide bonds. The van der Waals surface area contributed by atoms with Crippen LogP contribution in [0.1, 0.15) is 32.1 Å². The summed E-state index contributed by atoms with van der Waals surface area (Å²) in [5.74, 6) is 0.430. The number of nitrogens with one attached hydrogen (secondary N) is 1. The van der Waals surface area contributed by atoms with Crippen molar-refractivity contribution in [1.29, 1.82) is 0 Å². The Morgan fingerprint density at radius 1 is 1.18 bits per heavy atom. The van der Waals surface area contributed by atoms with Crippen molar-refractivity contribution in [2.24, 2.45) is 5.92 Å². The molecule has 3 rings (SSSR count). The van der Waals surface area contributed by atoms with E-state index in [4.69, 9.17) is 0 Å². The molecule has 5 nitrogen and oxygen atoms in total. The highest BCUT2D eigenvalue weighted by molar-refractivity contribution is 7.90. The lowest BCUT2D eigenvalue weighted by Gasteiger charge is -2.40. The zero-order valence-corrected chi connectivity index (χ0v) is 10.6. The minimum atomic E-state index is -3.03. The van der Waals surface area contributed by atoms with Crippen molar-refractivity contribution in [3.63, 3.8) is 0 Å². The van der Waals surface area contributed by atoms with Gasteiger partial charge in [-0.05, 0) is 31.6 Å². The summed E-state index contributed by atoms with van der Waals surface area (Å²) in [5, 5.41) is 2.86. The van der Waals surface area contributed by atoms with Crippen molar-refractivity contribution >= 4 is 15.9 Å². The Kier molecular flexibility index (Phi) is 2.66. The van der Waals surface area contributed by atoms with Crippen LogP contribution in [0.5, 0.6) is 0 Å². The van der Waals surface area contributed by atoms with Crippen molar-refractivity contribution in [3.8, 4) is 0 Å². The lowest BCUT2D eigenvalue weighted by molar-refractivity contribution is -0.124. The van der Waals surface area contributed by atoms with Crippen LogP contribution in [0.25, 0.3) is 0 Å². The molecule has 1 aliphatic carbocycles. The number of hydrogen-bond acceptors (Lipinski definition) is 3. The highest BCUT2D eigenvalue weighted by atomic mass is 32.2. The third kappa shape index (κ3) is 2.08. The summed E-state index contributed by atoms with van der Waals surface area (Å²) in [6.07, 6.45) is 3.78. The van der Waals surface area contributed by atoms with Crippen LogP contribution in [-0.2, 0) is 14.8 Å². The van der Waals surface area contributed by atoms with E-state index >= 15 is 0 Å². The van der Waals surface area contributed by atoms with Crippen LogP contribution in [0, 0.1) is 5.92 Å². The molecule has 0 bridgehead atoms. The molecular weight excluding hydrogens is 240 g/mol. The second kappa shape index (κ2) is 3.95. The molecule has 0 aromatic carbocycles. The van der Waals surface area contributed by atoms with Gasteiger partial charge in [0.05, 0.1) is 5.25 Å². The smallest absolute Gasteiger partial charge is 0.220 e. The number of amides is 1. The topological polar surface area (TPSA) is 66.5 Å². The maximum atomic E-state index is 12.1. The van der Waals surface area contributed by atoms with Gasteiger partial charge in [0, 0.05) is 25.6 Å². The second-order valence-corrected chi connectivity index (χ2v) is 7.58. The van der Waals surface area contributed by atoms with Crippen LogP contribution < -0.4 is 5.32 Å². The normalized spacial score (nSPS) is 35.2. The Labute approximate surface area is 102 Å². The summed E-state index contributed by atoms with van der Waals surface area (Å²) in [4.78, 5) is 11.3. The Morgan fingerprint density at radius 3 is 2.65 bits per heavy atom. The van der Waals surface area contributed by atoms with Gasteiger partial charge >= 0.3 is 0 Å². The fraction of sp³-hybridized carbons (Fsp3) is 0.909. The summed E-state index contributed by atoms with van der Waals surface area (Å²) in [5.41, 5.74) is 0. The van der Waals surface area contributed by atoms with Gasteiger partial charge in [0.1, 0.15) is 0 Å². The molecule has 3 fully saturated rings. The molecule has 0 aromatic rings. The number of nitrogens with zero attached hydrogens (tertiary/aromatic N) is 1. The van der Waals surface area contributed by atoms with E-state index in [9.17, 15) is 13.2 Å². The van der Waals surface area contributed by atoms with Crippen LogP contribution in [-0.4, -0.2) is 43.0 Å². The van der Waals surface area contributed by atoms with Crippen LogP contribution in [0.15, 0.2) is 0 Å². The van der Waals surface area contributed by atoms with Crippen LogP contribution in [0.2, 0.25) is 0 Å². The molecule has 0 spiro atoms. The minimum absolute atomic E-state index is 0.114. The number of carbonyl (C=O) groups excluding carboxylic acids is 1. The highest BCUT2D eigenvalue weighted by Gasteiger charge is 2.44. The SMILES string of the molecule is O=C1CCC2CN(S(=O)(=O)C3CC3)CCC2N1. The van der Waals surface area contributed by atoms with Gasteiger partial charge in [-0.3, -0.25) is 4.79 Å². The summed E-state index contributed by atoms with van der Waals surface area (Å²) in [6.45, 7) is 1.17. The first-order valence-corrected chi connectivity index (χ1v) is 7.86. The molecule has 2 aliphatic heterocycles. The molecule has 3 aliphatic rings. The van der Waals surface area contributed by atoms with E-state index < -0.39 is 10.0 Å². The van der Waals surface area contributed by atoms with Gasteiger partial charge in [0.15, 0.2) is 0 Å². The summed E-state index contributed by atoms with van der Waals surface area (Å²) >= 11 is 0. The van der Waals surface area contributed by atoms with E-state index in [1.807, 2.05) is 0 Å². The van der Waals surface area contributed by atoms with Gasteiger partial charge < -0.3 is 5.32 Å². The first kappa shape index (κ1) is 11.5. The minimum Gasteiger partial charge on any atom is -0.353 e. The number of carbonyl (C=O) groups is 1. The van der Waals surface area contributed by atoms with Crippen molar-refractivity contribution < 1.29 is 13.2 Å². The lowest BCUT2D eigenvalue weighted by atomic mass is 9.86. The molecule has 6 heteroatoms. The molecule has 0 radical (unpaired) electrons. The molecule has 2 atom stereocenters. The first-order chi connectivity index (χ1) is 8.07. The average Bonchev–Trinajstić information content (AvgIpc) is 3.12. The van der Waals surface area contributed by atoms with Gasteiger partial charge in [-0.2, -0.15) is 0 Å². The van der Waals surface area contributed by atoms with E-state index in [1.54, 1.807) is 4.31 Å². The third-order valence-electron chi connectivity index (χ3n) is 4.09. The monoisotopic (exact) mass is 258 g/mol. The molecule has 2 heterocycles. The Morgan fingerprint density at radius 2 is 1.94 bits per heavy atom. The molecule has 0 aromatic heterocycles. The van der Waals surface area contributed by atoms with E-state index in [2.05, 4.69) is 5.32 Å². The van der Waals surface area contributed by atoms with E-state index in [-0.39, 0.29) is 17.2 Å². The Hall–Kier alpha value is -0.620. The van der Waals surface area contributed by atoms with Crippen LogP contribution in [0.3, 0.4) is 0 Å². The fourth-order valence-electron chi connectivity index (χ4n) is 2.88. The number of piperidine rings is 2. The number of fused-ring (bicyclic) bond motifs is 1. The van der Waals surface area contributed by atoms with Gasteiger partial charge in [0.25, 0.3) is 0 Å². The first-order valence-electron chi connectivity index (χ1n) is 6.35. The molecule has 2 unspecified atom stereocenters. The predicted octanol–water partition coefficient (Wildman–Crippen LogP) is 0.0791.